The monoisotopic (exact) mass is 308 g/mol. The Morgan fingerprint density at radius 1 is 1.39 bits per heavy atom. The number of rotatable bonds is 5. The van der Waals surface area contributed by atoms with E-state index < -0.39 is 11.3 Å². The van der Waals surface area contributed by atoms with Crippen LogP contribution in [0.4, 0.5) is 0 Å². The normalized spacial score (nSPS) is 14.5. The largest absolute Gasteiger partial charge is 0.365 e. The summed E-state index contributed by atoms with van der Waals surface area (Å²) in [6.07, 6.45) is 3.74. The van der Waals surface area contributed by atoms with Gasteiger partial charge in [-0.1, -0.05) is 24.3 Å². The molecule has 0 spiro atoms. The fourth-order valence-electron chi connectivity index (χ4n) is 2.76. The molecule has 0 bridgehead atoms. The van der Waals surface area contributed by atoms with Gasteiger partial charge in [0.05, 0.1) is 35.5 Å². The number of carbonyl (C=O) groups is 1. The summed E-state index contributed by atoms with van der Waals surface area (Å²) in [6.45, 7) is 4.41. The van der Waals surface area contributed by atoms with Gasteiger partial charge >= 0.3 is 0 Å². The Balaban J connectivity index is 1.86. The van der Waals surface area contributed by atoms with Crippen LogP contribution in [-0.4, -0.2) is 15.7 Å². The summed E-state index contributed by atoms with van der Waals surface area (Å²) in [7, 11) is 0. The van der Waals surface area contributed by atoms with Gasteiger partial charge in [-0.25, -0.2) is 0 Å². The van der Waals surface area contributed by atoms with Crippen molar-refractivity contribution in [1.82, 2.24) is 9.78 Å². The number of primary amides is 1. The smallest absolute Gasteiger partial charge is 0.252 e. The SMILES string of the molecule is CC(C)(C#N)c1ccc(Cn2ncc(C(N)=O)c2C2CC2)cc1. The Morgan fingerprint density at radius 2 is 2.04 bits per heavy atom. The molecule has 1 aromatic heterocycles. The molecule has 118 valence electrons. The van der Waals surface area contributed by atoms with Crippen molar-refractivity contribution >= 4 is 5.91 Å². The van der Waals surface area contributed by atoms with Gasteiger partial charge in [-0.3, -0.25) is 9.48 Å². The van der Waals surface area contributed by atoms with Crippen LogP contribution in [0.1, 0.15) is 59.8 Å². The van der Waals surface area contributed by atoms with E-state index in [-0.39, 0.29) is 0 Å². The minimum Gasteiger partial charge on any atom is -0.365 e. The van der Waals surface area contributed by atoms with Gasteiger partial charge < -0.3 is 5.73 Å². The third-order valence-electron chi connectivity index (χ3n) is 4.40. The van der Waals surface area contributed by atoms with Gasteiger partial charge in [-0.15, -0.1) is 0 Å². The molecule has 5 heteroatoms. The van der Waals surface area contributed by atoms with Crippen molar-refractivity contribution in [3.8, 4) is 6.07 Å². The maximum Gasteiger partial charge on any atom is 0.252 e. The van der Waals surface area contributed by atoms with Crippen molar-refractivity contribution in [1.29, 1.82) is 5.26 Å². The van der Waals surface area contributed by atoms with Gasteiger partial charge in [-0.05, 0) is 37.8 Å². The van der Waals surface area contributed by atoms with E-state index in [0.29, 0.717) is 18.0 Å². The van der Waals surface area contributed by atoms with E-state index in [1.165, 1.54) is 0 Å². The fourth-order valence-corrected chi connectivity index (χ4v) is 2.76. The van der Waals surface area contributed by atoms with Gasteiger partial charge in [0.15, 0.2) is 0 Å². The van der Waals surface area contributed by atoms with Crippen molar-refractivity contribution < 1.29 is 4.79 Å². The highest BCUT2D eigenvalue weighted by Gasteiger charge is 2.31. The van der Waals surface area contributed by atoms with E-state index in [4.69, 9.17) is 5.73 Å². The Kier molecular flexibility index (Phi) is 3.69. The first-order valence-corrected chi connectivity index (χ1v) is 7.78. The Labute approximate surface area is 135 Å². The van der Waals surface area contributed by atoms with Crippen molar-refractivity contribution in [3.63, 3.8) is 0 Å². The summed E-state index contributed by atoms with van der Waals surface area (Å²) in [6, 6.07) is 10.3. The maximum atomic E-state index is 11.5. The minimum absolute atomic E-state index is 0.400. The summed E-state index contributed by atoms with van der Waals surface area (Å²) in [5, 5.41) is 13.5. The number of hydrogen-bond acceptors (Lipinski definition) is 3. The summed E-state index contributed by atoms with van der Waals surface area (Å²) in [5.74, 6) is -0.0129. The first kappa shape index (κ1) is 15.3. The third-order valence-corrected chi connectivity index (χ3v) is 4.40. The second kappa shape index (κ2) is 5.54. The maximum absolute atomic E-state index is 11.5. The highest BCUT2D eigenvalue weighted by Crippen LogP contribution is 2.41. The molecule has 0 atom stereocenters. The number of nitrogens with two attached hydrogens (primary N) is 1. The topological polar surface area (TPSA) is 84.7 Å². The second-order valence-electron chi connectivity index (χ2n) is 6.67. The molecule has 1 aliphatic rings. The predicted octanol–water partition coefficient (Wildman–Crippen LogP) is 2.71. The molecule has 1 fully saturated rings. The molecule has 0 saturated heterocycles. The Hall–Kier alpha value is -2.61. The summed E-state index contributed by atoms with van der Waals surface area (Å²) in [4.78, 5) is 11.5. The molecule has 1 aliphatic carbocycles. The van der Waals surface area contributed by atoms with Gasteiger partial charge in [0.1, 0.15) is 0 Å². The van der Waals surface area contributed by atoms with Gasteiger partial charge in [0, 0.05) is 5.92 Å². The molecular weight excluding hydrogens is 288 g/mol. The average molecular weight is 308 g/mol. The highest BCUT2D eigenvalue weighted by atomic mass is 16.1. The molecule has 23 heavy (non-hydrogen) atoms. The molecule has 2 N–H and O–H groups in total. The number of nitriles is 1. The zero-order chi connectivity index (χ0) is 16.6. The molecule has 3 rings (SSSR count). The van der Waals surface area contributed by atoms with Crippen molar-refractivity contribution in [2.75, 3.05) is 0 Å². The van der Waals surface area contributed by atoms with Crippen LogP contribution in [0.25, 0.3) is 0 Å². The van der Waals surface area contributed by atoms with Crippen LogP contribution in [0.3, 0.4) is 0 Å². The van der Waals surface area contributed by atoms with E-state index in [9.17, 15) is 10.1 Å². The summed E-state index contributed by atoms with van der Waals surface area (Å²) < 4.78 is 1.88. The van der Waals surface area contributed by atoms with E-state index in [1.54, 1.807) is 6.20 Å². The van der Waals surface area contributed by atoms with E-state index in [2.05, 4.69) is 11.2 Å². The number of aromatic nitrogens is 2. The molecule has 1 amide bonds. The van der Waals surface area contributed by atoms with Crippen LogP contribution in [0.2, 0.25) is 0 Å². The van der Waals surface area contributed by atoms with Gasteiger partial charge in [0.2, 0.25) is 0 Å². The lowest BCUT2D eigenvalue weighted by molar-refractivity contribution is 0.0999. The Bertz CT molecular complexity index is 776. The lowest BCUT2D eigenvalue weighted by Crippen LogP contribution is -2.15. The van der Waals surface area contributed by atoms with Crippen LogP contribution in [0, 0.1) is 11.3 Å². The first-order valence-electron chi connectivity index (χ1n) is 7.78. The Morgan fingerprint density at radius 3 is 2.57 bits per heavy atom. The van der Waals surface area contributed by atoms with Gasteiger partial charge in [-0.2, -0.15) is 10.4 Å². The lowest BCUT2D eigenvalue weighted by Gasteiger charge is -2.16. The predicted molar refractivity (Wildman–Crippen MR) is 86.9 cm³/mol. The van der Waals surface area contributed by atoms with Crippen LogP contribution in [0.15, 0.2) is 30.5 Å². The van der Waals surface area contributed by atoms with Gasteiger partial charge in [0.25, 0.3) is 5.91 Å². The highest BCUT2D eigenvalue weighted by molar-refractivity contribution is 5.94. The summed E-state index contributed by atoms with van der Waals surface area (Å²) in [5.41, 5.74) is 8.52. The molecule has 0 unspecified atom stereocenters. The van der Waals surface area contributed by atoms with Crippen molar-refractivity contribution in [3.05, 3.63) is 52.8 Å². The third kappa shape index (κ3) is 2.98. The number of amides is 1. The fraction of sp³-hybridized carbons (Fsp3) is 0.389. The summed E-state index contributed by atoms with van der Waals surface area (Å²) >= 11 is 0. The lowest BCUT2D eigenvalue weighted by atomic mass is 9.86. The standard InChI is InChI=1S/C18H20N4O/c1-18(2,11-19)14-7-3-12(4-8-14)10-22-16(13-5-6-13)15(9-21-22)17(20)23/h3-4,7-9,13H,5-6,10H2,1-2H3,(H2,20,23). The van der Waals surface area contributed by atoms with E-state index >= 15 is 0 Å². The minimum atomic E-state index is -0.497. The number of nitrogens with zero attached hydrogens (tertiary/aromatic N) is 3. The number of hydrogen-bond donors (Lipinski definition) is 1. The first-order chi connectivity index (χ1) is 10.9. The van der Waals surface area contributed by atoms with Crippen LogP contribution < -0.4 is 5.73 Å². The van der Waals surface area contributed by atoms with Crippen molar-refractivity contribution in [2.45, 2.75) is 44.6 Å². The molecule has 5 nitrogen and oxygen atoms in total. The molecule has 1 heterocycles. The number of benzene rings is 1. The number of carbonyl (C=O) groups excluding carboxylic acids is 1. The zero-order valence-electron chi connectivity index (χ0n) is 13.4. The van der Waals surface area contributed by atoms with E-state index in [1.807, 2.05) is 42.8 Å². The van der Waals surface area contributed by atoms with Crippen LogP contribution in [0.5, 0.6) is 0 Å². The molecule has 0 radical (unpaired) electrons. The zero-order valence-corrected chi connectivity index (χ0v) is 13.4. The average Bonchev–Trinajstić information content (AvgIpc) is 3.28. The van der Waals surface area contributed by atoms with Crippen LogP contribution >= 0.6 is 0 Å². The molecule has 1 aromatic carbocycles. The second-order valence-corrected chi connectivity index (χ2v) is 6.67. The molecular formula is C18H20N4O. The molecule has 1 saturated carbocycles. The quantitative estimate of drug-likeness (QED) is 0.921. The van der Waals surface area contributed by atoms with E-state index in [0.717, 1.165) is 29.7 Å². The van der Waals surface area contributed by atoms with Crippen LogP contribution in [-0.2, 0) is 12.0 Å². The molecule has 0 aliphatic heterocycles. The molecule has 2 aromatic rings. The van der Waals surface area contributed by atoms with Crippen molar-refractivity contribution in [2.24, 2.45) is 5.73 Å².